The smallest absolute Gasteiger partial charge is 0.326 e. The molecule has 1 saturated heterocycles. The first kappa shape index (κ1) is 8.04. The Labute approximate surface area is 75.8 Å². The molecule has 1 N–H and O–H groups in total. The van der Waals surface area contributed by atoms with Gasteiger partial charge in [0, 0.05) is 18.8 Å². The van der Waals surface area contributed by atoms with Crippen LogP contribution in [-0.4, -0.2) is 28.6 Å². The fourth-order valence-corrected chi connectivity index (χ4v) is 1.40. The summed E-state index contributed by atoms with van der Waals surface area (Å²) in [5, 5.41) is 8.79. The summed E-state index contributed by atoms with van der Waals surface area (Å²) in [6, 6.07) is 5.91. The standard InChI is InChI=1S/C9H9N2O2/c12-9(13)7-4-6-11(7)8-3-1-2-5-10-8/h1,3,5,7H,4,6H2,(H,12,13). The van der Waals surface area contributed by atoms with Gasteiger partial charge in [-0.15, -0.1) is 0 Å². The molecule has 1 fully saturated rings. The molecule has 1 aliphatic heterocycles. The van der Waals surface area contributed by atoms with E-state index in [4.69, 9.17) is 5.11 Å². The molecule has 2 rings (SSSR count). The number of pyridine rings is 1. The van der Waals surface area contributed by atoms with Crippen molar-refractivity contribution in [2.24, 2.45) is 0 Å². The van der Waals surface area contributed by atoms with E-state index in [9.17, 15) is 4.79 Å². The van der Waals surface area contributed by atoms with E-state index < -0.39 is 12.0 Å². The molecular weight excluding hydrogens is 168 g/mol. The Bertz CT molecular complexity index is 313. The van der Waals surface area contributed by atoms with Crippen LogP contribution in [0.25, 0.3) is 0 Å². The predicted octanol–water partition coefficient (Wildman–Crippen LogP) is 0.545. The molecule has 0 aliphatic carbocycles. The average Bonchev–Trinajstić information content (AvgIpc) is 2.02. The fraction of sp³-hybridized carbons (Fsp3) is 0.333. The van der Waals surface area contributed by atoms with E-state index in [0.717, 1.165) is 12.4 Å². The highest BCUT2D eigenvalue weighted by Crippen LogP contribution is 2.23. The van der Waals surface area contributed by atoms with Gasteiger partial charge in [-0.1, -0.05) is 0 Å². The summed E-state index contributed by atoms with van der Waals surface area (Å²) in [6.45, 7) is 0.772. The van der Waals surface area contributed by atoms with Crippen molar-refractivity contribution >= 4 is 11.8 Å². The van der Waals surface area contributed by atoms with Crippen LogP contribution >= 0.6 is 0 Å². The molecule has 0 bridgehead atoms. The number of anilines is 1. The minimum atomic E-state index is -0.777. The van der Waals surface area contributed by atoms with Gasteiger partial charge in [-0.25, -0.2) is 9.78 Å². The van der Waals surface area contributed by atoms with Crippen LogP contribution in [0.4, 0.5) is 5.82 Å². The molecule has 0 saturated carbocycles. The number of carboxylic acids is 1. The van der Waals surface area contributed by atoms with Gasteiger partial charge in [0.25, 0.3) is 0 Å². The molecule has 13 heavy (non-hydrogen) atoms. The third kappa shape index (κ3) is 1.35. The van der Waals surface area contributed by atoms with E-state index in [1.807, 2.05) is 0 Å². The highest BCUT2D eigenvalue weighted by Gasteiger charge is 2.34. The maximum atomic E-state index is 10.7. The molecule has 0 aromatic carbocycles. The summed E-state index contributed by atoms with van der Waals surface area (Å²) < 4.78 is 0. The van der Waals surface area contributed by atoms with Crippen molar-refractivity contribution in [3.63, 3.8) is 0 Å². The van der Waals surface area contributed by atoms with E-state index in [1.54, 1.807) is 23.2 Å². The zero-order chi connectivity index (χ0) is 9.26. The van der Waals surface area contributed by atoms with Crippen molar-refractivity contribution in [1.82, 2.24) is 4.98 Å². The van der Waals surface area contributed by atoms with Crippen molar-refractivity contribution < 1.29 is 9.90 Å². The molecule has 4 nitrogen and oxygen atoms in total. The molecule has 1 aromatic heterocycles. The average molecular weight is 177 g/mol. The maximum absolute atomic E-state index is 10.7. The SMILES string of the molecule is O=C(O)C1CCN1c1cc[c]cn1. The number of rotatable bonds is 2. The summed E-state index contributed by atoms with van der Waals surface area (Å²) >= 11 is 0. The molecule has 1 aliphatic rings. The second kappa shape index (κ2) is 3.05. The Hall–Kier alpha value is -1.58. The van der Waals surface area contributed by atoms with Crippen LogP contribution < -0.4 is 4.90 Å². The van der Waals surface area contributed by atoms with Crippen LogP contribution in [0, 0.1) is 6.07 Å². The van der Waals surface area contributed by atoms with Crippen molar-refractivity contribution in [2.75, 3.05) is 11.4 Å². The summed E-state index contributed by atoms with van der Waals surface area (Å²) in [5.41, 5.74) is 0. The van der Waals surface area contributed by atoms with E-state index in [-0.39, 0.29) is 0 Å². The maximum Gasteiger partial charge on any atom is 0.326 e. The lowest BCUT2D eigenvalue weighted by Crippen LogP contribution is -2.52. The van der Waals surface area contributed by atoms with Gasteiger partial charge >= 0.3 is 5.97 Å². The van der Waals surface area contributed by atoms with Gasteiger partial charge in [0.05, 0.1) is 0 Å². The predicted molar refractivity (Wildman–Crippen MR) is 46.5 cm³/mol. The molecule has 1 radical (unpaired) electrons. The second-order valence-electron chi connectivity index (χ2n) is 2.95. The largest absolute Gasteiger partial charge is 0.480 e. The fourth-order valence-electron chi connectivity index (χ4n) is 1.40. The lowest BCUT2D eigenvalue weighted by Gasteiger charge is -2.38. The molecular formula is C9H9N2O2. The van der Waals surface area contributed by atoms with Crippen LogP contribution in [0.2, 0.25) is 0 Å². The third-order valence-electron chi connectivity index (χ3n) is 2.20. The zero-order valence-corrected chi connectivity index (χ0v) is 6.97. The molecule has 67 valence electrons. The summed E-state index contributed by atoms with van der Waals surface area (Å²) in [4.78, 5) is 16.5. The number of hydrogen-bond donors (Lipinski definition) is 1. The lowest BCUT2D eigenvalue weighted by molar-refractivity contribution is -0.140. The topological polar surface area (TPSA) is 53.4 Å². The molecule has 4 heteroatoms. The van der Waals surface area contributed by atoms with E-state index >= 15 is 0 Å². The Balaban J connectivity index is 2.15. The van der Waals surface area contributed by atoms with Gasteiger partial charge in [-0.05, 0) is 18.6 Å². The lowest BCUT2D eigenvalue weighted by atomic mass is 10.0. The molecule has 1 aromatic rings. The Kier molecular flexibility index (Phi) is 1.88. The summed E-state index contributed by atoms with van der Waals surface area (Å²) in [7, 11) is 0. The van der Waals surface area contributed by atoms with E-state index in [2.05, 4.69) is 11.1 Å². The van der Waals surface area contributed by atoms with Gasteiger partial charge in [-0.3, -0.25) is 0 Å². The minimum absolute atomic E-state index is 0.394. The first-order valence-corrected chi connectivity index (χ1v) is 4.10. The molecule has 0 amide bonds. The molecule has 0 spiro atoms. The number of carboxylic acid groups (broad SMARTS) is 1. The number of hydrogen-bond acceptors (Lipinski definition) is 3. The third-order valence-corrected chi connectivity index (χ3v) is 2.20. The Morgan fingerprint density at radius 2 is 2.62 bits per heavy atom. The van der Waals surface area contributed by atoms with Crippen molar-refractivity contribution in [1.29, 1.82) is 0 Å². The minimum Gasteiger partial charge on any atom is -0.480 e. The molecule has 1 atom stereocenters. The van der Waals surface area contributed by atoms with Crippen molar-refractivity contribution in [3.8, 4) is 0 Å². The van der Waals surface area contributed by atoms with Crippen LogP contribution in [0.3, 0.4) is 0 Å². The normalized spacial score (nSPS) is 20.9. The van der Waals surface area contributed by atoms with Crippen LogP contribution in [-0.2, 0) is 4.79 Å². The van der Waals surface area contributed by atoms with Crippen LogP contribution in [0.1, 0.15) is 6.42 Å². The highest BCUT2D eigenvalue weighted by atomic mass is 16.4. The van der Waals surface area contributed by atoms with Crippen molar-refractivity contribution in [2.45, 2.75) is 12.5 Å². The van der Waals surface area contributed by atoms with Gasteiger partial charge in [0.2, 0.25) is 0 Å². The quantitative estimate of drug-likeness (QED) is 0.716. The molecule has 2 heterocycles. The number of aliphatic carboxylic acids is 1. The van der Waals surface area contributed by atoms with E-state index in [0.29, 0.717) is 6.42 Å². The zero-order valence-electron chi connectivity index (χ0n) is 6.97. The molecule has 1 unspecified atom stereocenters. The number of carbonyl (C=O) groups is 1. The van der Waals surface area contributed by atoms with Gasteiger partial charge in [0.1, 0.15) is 11.9 Å². The summed E-state index contributed by atoms with van der Waals surface area (Å²) in [6.07, 6.45) is 2.25. The van der Waals surface area contributed by atoms with E-state index in [1.165, 1.54) is 0 Å². The van der Waals surface area contributed by atoms with Crippen molar-refractivity contribution in [3.05, 3.63) is 24.4 Å². The highest BCUT2D eigenvalue weighted by molar-refractivity contribution is 5.79. The number of nitrogens with zero attached hydrogens (tertiary/aromatic N) is 2. The van der Waals surface area contributed by atoms with Gasteiger partial charge in [-0.2, -0.15) is 0 Å². The van der Waals surface area contributed by atoms with Gasteiger partial charge in [0.15, 0.2) is 0 Å². The summed E-state index contributed by atoms with van der Waals surface area (Å²) in [5.74, 6) is -0.0571. The Morgan fingerprint density at radius 1 is 1.77 bits per heavy atom. The Morgan fingerprint density at radius 3 is 3.08 bits per heavy atom. The van der Waals surface area contributed by atoms with Gasteiger partial charge < -0.3 is 10.0 Å². The first-order chi connectivity index (χ1) is 6.29. The number of aromatic nitrogens is 1. The van der Waals surface area contributed by atoms with Crippen LogP contribution in [0.15, 0.2) is 18.3 Å². The first-order valence-electron chi connectivity index (χ1n) is 4.10. The second-order valence-corrected chi connectivity index (χ2v) is 2.95. The van der Waals surface area contributed by atoms with Crippen LogP contribution in [0.5, 0.6) is 0 Å². The monoisotopic (exact) mass is 177 g/mol.